The van der Waals surface area contributed by atoms with Gasteiger partial charge in [0.2, 0.25) is 0 Å². The lowest BCUT2D eigenvalue weighted by molar-refractivity contribution is 0.531. The van der Waals surface area contributed by atoms with Crippen molar-refractivity contribution in [1.29, 1.82) is 0 Å². The maximum atomic E-state index is 5.89. The van der Waals surface area contributed by atoms with E-state index in [1.165, 1.54) is 5.69 Å². The average Bonchev–Trinajstić information content (AvgIpc) is 2.88. The summed E-state index contributed by atoms with van der Waals surface area (Å²) in [6.07, 6.45) is 3.52. The second-order valence-corrected chi connectivity index (χ2v) is 5.18. The highest BCUT2D eigenvalue weighted by Crippen LogP contribution is 2.19. The van der Waals surface area contributed by atoms with Crippen molar-refractivity contribution in [3.05, 3.63) is 46.5 Å². The topological polar surface area (TPSA) is 42.7 Å². The van der Waals surface area contributed by atoms with E-state index in [0.717, 1.165) is 30.8 Å². The van der Waals surface area contributed by atoms with Crippen LogP contribution in [-0.2, 0) is 19.4 Å². The summed E-state index contributed by atoms with van der Waals surface area (Å²) in [5, 5.41) is 8.57. The van der Waals surface area contributed by atoms with E-state index in [9.17, 15) is 0 Å². The fourth-order valence-electron chi connectivity index (χ4n) is 2.28. The summed E-state index contributed by atoms with van der Waals surface area (Å²) < 4.78 is 2.07. The maximum absolute atomic E-state index is 5.89. The number of hydrogen-bond donors (Lipinski definition) is 1. The molecule has 0 aliphatic carbocycles. The van der Waals surface area contributed by atoms with Crippen LogP contribution in [0.5, 0.6) is 0 Å². The highest BCUT2D eigenvalue weighted by molar-refractivity contribution is 6.30. The minimum atomic E-state index is 0.166. The molecule has 0 saturated carbocycles. The summed E-state index contributed by atoms with van der Waals surface area (Å²) in [5.41, 5.74) is 3.38. The van der Waals surface area contributed by atoms with Gasteiger partial charge in [-0.1, -0.05) is 18.5 Å². The smallest absolute Gasteiger partial charge is 0.0624 e. The van der Waals surface area contributed by atoms with Crippen molar-refractivity contribution in [2.24, 2.45) is 0 Å². The van der Waals surface area contributed by atoms with Crippen LogP contribution in [-0.4, -0.2) is 21.8 Å². The average molecular weight is 293 g/mol. The molecule has 5 heteroatoms. The van der Waals surface area contributed by atoms with Gasteiger partial charge in [0.05, 0.1) is 22.5 Å². The quantitative estimate of drug-likeness (QED) is 0.890. The van der Waals surface area contributed by atoms with E-state index in [2.05, 4.69) is 40.0 Å². The maximum Gasteiger partial charge on any atom is 0.0624 e. The van der Waals surface area contributed by atoms with Crippen LogP contribution in [0.3, 0.4) is 0 Å². The molecule has 0 bridgehead atoms. The van der Waals surface area contributed by atoms with Crippen LogP contribution in [0, 0.1) is 0 Å². The largest absolute Gasteiger partial charge is 0.311 e. The molecule has 1 atom stereocenters. The summed E-state index contributed by atoms with van der Waals surface area (Å²) in [7, 11) is 1.95. The van der Waals surface area contributed by atoms with Gasteiger partial charge >= 0.3 is 0 Å². The van der Waals surface area contributed by atoms with Gasteiger partial charge in [-0.2, -0.15) is 5.10 Å². The van der Waals surface area contributed by atoms with E-state index in [1.54, 1.807) is 6.20 Å². The van der Waals surface area contributed by atoms with Crippen molar-refractivity contribution in [2.75, 3.05) is 7.05 Å². The van der Waals surface area contributed by atoms with Crippen molar-refractivity contribution in [1.82, 2.24) is 20.1 Å². The lowest BCUT2D eigenvalue weighted by Gasteiger charge is -2.16. The molecule has 0 saturated heterocycles. The summed E-state index contributed by atoms with van der Waals surface area (Å²) in [6, 6.07) is 6.20. The van der Waals surface area contributed by atoms with Crippen LogP contribution in [0.2, 0.25) is 5.02 Å². The number of nitrogens with zero attached hydrogens (tertiary/aromatic N) is 3. The first-order valence-corrected chi connectivity index (χ1v) is 7.40. The highest BCUT2D eigenvalue weighted by atomic mass is 35.5. The SMILES string of the molecule is CCc1cc(CC(NC)c2ccc(Cl)cn2)n(CC)n1. The summed E-state index contributed by atoms with van der Waals surface area (Å²) in [6.45, 7) is 5.13. The number of likely N-dealkylation sites (N-methyl/N-ethyl adjacent to an activating group) is 1. The Bertz CT molecular complexity index is 548. The number of aromatic nitrogens is 3. The second kappa shape index (κ2) is 6.86. The Hall–Kier alpha value is -1.39. The van der Waals surface area contributed by atoms with Crippen LogP contribution < -0.4 is 5.32 Å². The lowest BCUT2D eigenvalue weighted by atomic mass is 10.1. The van der Waals surface area contributed by atoms with Crippen LogP contribution in [0.1, 0.15) is 37.0 Å². The molecule has 0 radical (unpaired) electrons. The first kappa shape index (κ1) is 15.0. The van der Waals surface area contributed by atoms with Gasteiger partial charge in [-0.3, -0.25) is 9.67 Å². The molecule has 2 rings (SSSR count). The van der Waals surface area contributed by atoms with Crippen LogP contribution in [0.25, 0.3) is 0 Å². The van der Waals surface area contributed by atoms with Gasteiger partial charge in [0, 0.05) is 24.9 Å². The Labute approximate surface area is 125 Å². The molecular weight excluding hydrogens is 272 g/mol. The number of pyridine rings is 1. The normalized spacial score (nSPS) is 12.6. The third kappa shape index (κ3) is 3.38. The first-order chi connectivity index (χ1) is 9.67. The third-order valence-electron chi connectivity index (χ3n) is 3.44. The Balaban J connectivity index is 2.21. The van der Waals surface area contributed by atoms with Crippen molar-refractivity contribution >= 4 is 11.6 Å². The lowest BCUT2D eigenvalue weighted by Crippen LogP contribution is -2.21. The van der Waals surface area contributed by atoms with Gasteiger partial charge in [-0.25, -0.2) is 0 Å². The minimum Gasteiger partial charge on any atom is -0.311 e. The van der Waals surface area contributed by atoms with Gasteiger partial charge < -0.3 is 5.32 Å². The van der Waals surface area contributed by atoms with Crippen molar-refractivity contribution < 1.29 is 0 Å². The second-order valence-electron chi connectivity index (χ2n) is 4.74. The van der Waals surface area contributed by atoms with E-state index >= 15 is 0 Å². The number of aryl methyl sites for hydroxylation is 2. The first-order valence-electron chi connectivity index (χ1n) is 7.02. The number of nitrogens with one attached hydrogen (secondary N) is 1. The predicted octanol–water partition coefficient (Wildman–Crippen LogP) is 3.02. The Morgan fingerprint density at radius 1 is 1.35 bits per heavy atom. The molecule has 0 aliphatic rings. The monoisotopic (exact) mass is 292 g/mol. The Kier molecular flexibility index (Phi) is 5.15. The Morgan fingerprint density at radius 2 is 2.15 bits per heavy atom. The molecule has 1 unspecified atom stereocenters. The fraction of sp³-hybridized carbons (Fsp3) is 0.467. The third-order valence-corrected chi connectivity index (χ3v) is 3.67. The zero-order valence-corrected chi connectivity index (χ0v) is 13.0. The van der Waals surface area contributed by atoms with E-state index in [1.807, 2.05) is 19.2 Å². The van der Waals surface area contributed by atoms with E-state index in [-0.39, 0.29) is 6.04 Å². The molecule has 108 valence electrons. The molecule has 0 fully saturated rings. The summed E-state index contributed by atoms with van der Waals surface area (Å²) >= 11 is 5.89. The van der Waals surface area contributed by atoms with Gasteiger partial charge in [-0.15, -0.1) is 0 Å². The zero-order valence-electron chi connectivity index (χ0n) is 12.2. The number of hydrogen-bond acceptors (Lipinski definition) is 3. The van der Waals surface area contributed by atoms with E-state index in [0.29, 0.717) is 5.02 Å². The number of halogens is 1. The molecule has 2 aromatic rings. The van der Waals surface area contributed by atoms with Crippen LogP contribution >= 0.6 is 11.6 Å². The van der Waals surface area contributed by atoms with Crippen LogP contribution in [0.4, 0.5) is 0 Å². The molecule has 0 aromatic carbocycles. The molecule has 1 N–H and O–H groups in total. The van der Waals surface area contributed by atoms with Gasteiger partial charge in [0.15, 0.2) is 0 Å². The van der Waals surface area contributed by atoms with E-state index in [4.69, 9.17) is 11.6 Å². The molecule has 2 heterocycles. The molecule has 4 nitrogen and oxygen atoms in total. The zero-order chi connectivity index (χ0) is 14.5. The summed E-state index contributed by atoms with van der Waals surface area (Å²) in [4.78, 5) is 4.40. The van der Waals surface area contributed by atoms with Crippen molar-refractivity contribution in [3.63, 3.8) is 0 Å². The molecule has 0 aliphatic heterocycles. The standard InChI is InChI=1S/C15H21ClN4/c1-4-12-8-13(20(5-2)19-12)9-15(17-3)14-7-6-11(16)10-18-14/h6-8,10,15,17H,4-5,9H2,1-3H3. The van der Waals surface area contributed by atoms with E-state index < -0.39 is 0 Å². The molecule has 0 spiro atoms. The molecule has 2 aromatic heterocycles. The van der Waals surface area contributed by atoms with Gasteiger partial charge in [0.25, 0.3) is 0 Å². The minimum absolute atomic E-state index is 0.166. The number of rotatable bonds is 6. The van der Waals surface area contributed by atoms with Gasteiger partial charge in [0.1, 0.15) is 0 Å². The molecule has 20 heavy (non-hydrogen) atoms. The van der Waals surface area contributed by atoms with Gasteiger partial charge in [-0.05, 0) is 38.6 Å². The Morgan fingerprint density at radius 3 is 2.70 bits per heavy atom. The fourth-order valence-corrected chi connectivity index (χ4v) is 2.39. The van der Waals surface area contributed by atoms with Crippen molar-refractivity contribution in [2.45, 2.75) is 39.3 Å². The molecular formula is C15H21ClN4. The van der Waals surface area contributed by atoms with Crippen molar-refractivity contribution in [3.8, 4) is 0 Å². The predicted molar refractivity (Wildman–Crippen MR) is 82.0 cm³/mol. The van der Waals surface area contributed by atoms with Crippen LogP contribution in [0.15, 0.2) is 24.4 Å². The summed E-state index contributed by atoms with van der Waals surface area (Å²) in [5.74, 6) is 0. The molecule has 0 amide bonds. The highest BCUT2D eigenvalue weighted by Gasteiger charge is 2.15.